The third-order valence-corrected chi connectivity index (χ3v) is 6.28. The molecule has 2 aromatic carbocycles. The highest BCUT2D eigenvalue weighted by Crippen LogP contribution is 2.28. The molecule has 0 spiro atoms. The van der Waals surface area contributed by atoms with Crippen LogP contribution in [-0.2, 0) is 19.4 Å². The Morgan fingerprint density at radius 3 is 2.67 bits per heavy atom. The van der Waals surface area contributed by atoms with E-state index in [0.29, 0.717) is 23.1 Å². The zero-order chi connectivity index (χ0) is 20.8. The molecule has 0 fully saturated rings. The van der Waals surface area contributed by atoms with Crippen LogP contribution in [0, 0.1) is 0 Å². The highest BCUT2D eigenvalue weighted by molar-refractivity contribution is 8.00. The van der Waals surface area contributed by atoms with E-state index in [1.165, 1.54) is 16.9 Å². The summed E-state index contributed by atoms with van der Waals surface area (Å²) in [6.07, 6.45) is 3.59. The summed E-state index contributed by atoms with van der Waals surface area (Å²) < 4.78 is 8.42. The molecule has 0 radical (unpaired) electrons. The van der Waals surface area contributed by atoms with Gasteiger partial charge in [0.25, 0.3) is 5.91 Å². The van der Waals surface area contributed by atoms with Crippen LogP contribution in [-0.4, -0.2) is 25.7 Å². The summed E-state index contributed by atoms with van der Waals surface area (Å²) in [5.41, 5.74) is 1.74. The number of aryl methyl sites for hydroxylation is 1. The van der Waals surface area contributed by atoms with Crippen molar-refractivity contribution in [3.8, 4) is 5.75 Å². The fourth-order valence-electron chi connectivity index (χ4n) is 2.59. The molecule has 9 heteroatoms. The molecule has 4 rings (SSSR count). The lowest BCUT2D eigenvalue weighted by Crippen LogP contribution is -2.11. The number of anilines is 1. The second kappa shape index (κ2) is 9.55. The number of hydrogen-bond donors (Lipinski definition) is 1. The second-order valence-corrected chi connectivity index (χ2v) is 8.57. The fraction of sp³-hybridized carbons (Fsp3) is 0.143. The first-order valence-electron chi connectivity index (χ1n) is 9.18. The molecule has 4 aromatic rings. The maximum atomic E-state index is 12.5. The van der Waals surface area contributed by atoms with Crippen molar-refractivity contribution >= 4 is 34.1 Å². The fourth-order valence-corrected chi connectivity index (χ4v) is 4.30. The molecule has 7 nitrogen and oxygen atoms in total. The number of aromatic nitrogens is 4. The Balaban J connectivity index is 1.29. The van der Waals surface area contributed by atoms with Gasteiger partial charge in [-0.2, -0.15) is 0 Å². The van der Waals surface area contributed by atoms with Gasteiger partial charge in [-0.1, -0.05) is 53.4 Å². The van der Waals surface area contributed by atoms with Crippen LogP contribution in [0.5, 0.6) is 5.75 Å². The number of thioether (sulfide) groups is 1. The van der Waals surface area contributed by atoms with E-state index in [0.717, 1.165) is 15.9 Å². The number of benzene rings is 2. The third-order valence-electron chi connectivity index (χ3n) is 4.24. The lowest BCUT2D eigenvalue weighted by atomic mass is 10.2. The van der Waals surface area contributed by atoms with Crippen LogP contribution in [0.3, 0.4) is 0 Å². The molecule has 0 saturated carbocycles. The van der Waals surface area contributed by atoms with Crippen molar-refractivity contribution in [3.63, 3.8) is 0 Å². The van der Waals surface area contributed by atoms with E-state index in [2.05, 4.69) is 32.6 Å². The molecule has 152 valence electrons. The minimum Gasteiger partial charge on any atom is -0.486 e. The average molecular weight is 438 g/mol. The van der Waals surface area contributed by atoms with E-state index in [1.807, 2.05) is 36.0 Å². The van der Waals surface area contributed by atoms with E-state index in [-0.39, 0.29) is 5.91 Å². The predicted molar refractivity (Wildman–Crippen MR) is 118 cm³/mol. The van der Waals surface area contributed by atoms with Crippen LogP contribution >= 0.6 is 23.1 Å². The number of nitrogens with one attached hydrogen (secondary N) is 1. The number of ether oxygens (including phenoxy) is 1. The topological polar surface area (TPSA) is 81.9 Å². The molecule has 1 N–H and O–H groups in total. The Morgan fingerprint density at radius 1 is 1.13 bits per heavy atom. The highest BCUT2D eigenvalue weighted by Gasteiger charge is 2.11. The van der Waals surface area contributed by atoms with Crippen LogP contribution in [0.4, 0.5) is 5.13 Å². The van der Waals surface area contributed by atoms with Gasteiger partial charge in [-0.25, -0.2) is 4.98 Å². The first-order chi connectivity index (χ1) is 14.7. The number of hydrogen-bond acceptors (Lipinski definition) is 7. The first-order valence-corrected chi connectivity index (χ1v) is 11.0. The summed E-state index contributed by atoms with van der Waals surface area (Å²) >= 11 is 2.96. The predicted octanol–water partition coefficient (Wildman–Crippen LogP) is 4.40. The zero-order valence-electron chi connectivity index (χ0n) is 16.2. The highest BCUT2D eigenvalue weighted by atomic mass is 32.2. The van der Waals surface area contributed by atoms with Crippen molar-refractivity contribution in [2.75, 3.05) is 5.32 Å². The third kappa shape index (κ3) is 5.25. The first kappa shape index (κ1) is 20.1. The van der Waals surface area contributed by atoms with E-state index in [1.54, 1.807) is 42.2 Å². The Morgan fingerprint density at radius 2 is 1.93 bits per heavy atom. The number of nitrogens with zero attached hydrogens (tertiary/aromatic N) is 4. The van der Waals surface area contributed by atoms with Gasteiger partial charge in [0.1, 0.15) is 18.2 Å². The van der Waals surface area contributed by atoms with Gasteiger partial charge in [0, 0.05) is 30.8 Å². The van der Waals surface area contributed by atoms with Crippen LogP contribution in [0.1, 0.15) is 21.7 Å². The smallest absolute Gasteiger partial charge is 0.257 e. The van der Waals surface area contributed by atoms with E-state index >= 15 is 0 Å². The maximum Gasteiger partial charge on any atom is 0.257 e. The van der Waals surface area contributed by atoms with Crippen molar-refractivity contribution in [2.24, 2.45) is 7.05 Å². The molecule has 2 aromatic heterocycles. The molecule has 0 aliphatic rings. The number of carbonyl (C=O) groups excluding carboxylic acids is 1. The molecule has 0 aliphatic heterocycles. The SMILES string of the molecule is Cn1ccnc1COc1ccc(C(=O)Nc2nnc(SCc3ccccc3)s2)cc1. The van der Waals surface area contributed by atoms with Crippen LogP contribution in [0.25, 0.3) is 0 Å². The maximum absolute atomic E-state index is 12.5. The van der Waals surface area contributed by atoms with Gasteiger partial charge in [0.15, 0.2) is 4.34 Å². The molecule has 0 unspecified atom stereocenters. The van der Waals surface area contributed by atoms with Crippen molar-refractivity contribution < 1.29 is 9.53 Å². The van der Waals surface area contributed by atoms with E-state index < -0.39 is 0 Å². The lowest BCUT2D eigenvalue weighted by Gasteiger charge is -2.07. The van der Waals surface area contributed by atoms with Gasteiger partial charge in [-0.3, -0.25) is 10.1 Å². The molecule has 0 bridgehead atoms. The van der Waals surface area contributed by atoms with E-state index in [9.17, 15) is 4.79 Å². The van der Waals surface area contributed by atoms with E-state index in [4.69, 9.17) is 4.74 Å². The summed E-state index contributed by atoms with van der Waals surface area (Å²) in [6.45, 7) is 0.364. The van der Waals surface area contributed by atoms with Gasteiger partial charge in [0.2, 0.25) is 5.13 Å². The number of amides is 1. The van der Waals surface area contributed by atoms with Crippen molar-refractivity contribution in [2.45, 2.75) is 16.7 Å². The minimum absolute atomic E-state index is 0.235. The summed E-state index contributed by atoms with van der Waals surface area (Å²) in [6, 6.07) is 17.1. The number of carbonyl (C=O) groups is 1. The average Bonchev–Trinajstić information content (AvgIpc) is 3.40. The molecule has 2 heterocycles. The quantitative estimate of drug-likeness (QED) is 0.325. The Labute approximate surface area is 182 Å². The molecule has 0 saturated heterocycles. The normalized spacial score (nSPS) is 10.7. The van der Waals surface area contributed by atoms with Gasteiger partial charge in [0.05, 0.1) is 0 Å². The molecular formula is C21H19N5O2S2. The van der Waals surface area contributed by atoms with Crippen molar-refractivity contribution in [3.05, 3.63) is 83.9 Å². The minimum atomic E-state index is -0.235. The standard InChI is InChI=1S/C21H19N5O2S2/c1-26-12-11-22-18(26)13-28-17-9-7-16(8-10-17)19(27)23-20-24-25-21(30-20)29-14-15-5-3-2-4-6-15/h2-12H,13-14H2,1H3,(H,23,24,27). The zero-order valence-corrected chi connectivity index (χ0v) is 17.8. The molecular weight excluding hydrogens is 418 g/mol. The Kier molecular flexibility index (Phi) is 6.41. The Bertz CT molecular complexity index is 1110. The van der Waals surface area contributed by atoms with Crippen molar-refractivity contribution in [1.82, 2.24) is 19.7 Å². The molecule has 0 atom stereocenters. The summed E-state index contributed by atoms with van der Waals surface area (Å²) in [5, 5.41) is 11.5. The van der Waals surface area contributed by atoms with Gasteiger partial charge in [-0.15, -0.1) is 10.2 Å². The van der Waals surface area contributed by atoms with Crippen LogP contribution < -0.4 is 10.1 Å². The summed E-state index contributed by atoms with van der Waals surface area (Å²) in [4.78, 5) is 16.7. The van der Waals surface area contributed by atoms with Crippen LogP contribution in [0.2, 0.25) is 0 Å². The van der Waals surface area contributed by atoms with Gasteiger partial charge in [-0.05, 0) is 29.8 Å². The number of imidazole rings is 1. The van der Waals surface area contributed by atoms with Crippen molar-refractivity contribution in [1.29, 1.82) is 0 Å². The molecule has 1 amide bonds. The second-order valence-electron chi connectivity index (χ2n) is 6.37. The summed E-state index contributed by atoms with van der Waals surface area (Å²) in [5.74, 6) is 2.07. The number of rotatable bonds is 8. The molecule has 0 aliphatic carbocycles. The van der Waals surface area contributed by atoms with Gasteiger partial charge >= 0.3 is 0 Å². The lowest BCUT2D eigenvalue weighted by molar-refractivity contribution is 0.102. The van der Waals surface area contributed by atoms with Crippen LogP contribution in [0.15, 0.2) is 71.3 Å². The van der Waals surface area contributed by atoms with Gasteiger partial charge < -0.3 is 9.30 Å². The summed E-state index contributed by atoms with van der Waals surface area (Å²) in [7, 11) is 1.91. The largest absolute Gasteiger partial charge is 0.486 e. The Hall–Kier alpha value is -3.17. The molecule has 30 heavy (non-hydrogen) atoms. The monoisotopic (exact) mass is 437 g/mol.